The summed E-state index contributed by atoms with van der Waals surface area (Å²) < 4.78 is 5.02. The highest BCUT2D eigenvalue weighted by molar-refractivity contribution is 5.96. The second-order valence-electron chi connectivity index (χ2n) is 5.03. The number of imidazole rings is 1. The van der Waals surface area contributed by atoms with Crippen LogP contribution >= 0.6 is 0 Å². The van der Waals surface area contributed by atoms with Gasteiger partial charge in [0.1, 0.15) is 17.1 Å². The second-order valence-corrected chi connectivity index (χ2v) is 5.03. The normalized spacial score (nSPS) is 12.5. The Morgan fingerprint density at radius 2 is 2.10 bits per heavy atom. The van der Waals surface area contributed by atoms with E-state index in [2.05, 4.69) is 20.4 Å². The lowest BCUT2D eigenvalue weighted by Gasteiger charge is -2.11. The van der Waals surface area contributed by atoms with Crippen molar-refractivity contribution in [1.29, 1.82) is 0 Å². The number of benzene rings is 1. The van der Waals surface area contributed by atoms with Gasteiger partial charge in [0.15, 0.2) is 0 Å². The summed E-state index contributed by atoms with van der Waals surface area (Å²) in [5.74, 6) is 1.03. The zero-order chi connectivity index (χ0) is 15.0. The molecule has 0 saturated carbocycles. The maximum absolute atomic E-state index is 12.3. The molecule has 0 radical (unpaired) electrons. The molecule has 0 unspecified atom stereocenters. The number of carbonyl (C=O) groups is 1. The lowest BCUT2D eigenvalue weighted by atomic mass is 10.2. The Kier molecular flexibility index (Phi) is 3.21. The molecule has 21 heavy (non-hydrogen) atoms. The van der Waals surface area contributed by atoms with E-state index in [0.29, 0.717) is 17.0 Å². The molecule has 3 rings (SSSR count). The molecule has 1 atom stereocenters. The van der Waals surface area contributed by atoms with Crippen LogP contribution in [0.4, 0.5) is 0 Å². The molecule has 0 aliphatic carbocycles. The summed E-state index contributed by atoms with van der Waals surface area (Å²) in [5, 5.41) is 6.70. The second kappa shape index (κ2) is 5.05. The Morgan fingerprint density at radius 1 is 1.33 bits per heavy atom. The Hall–Kier alpha value is -2.63. The minimum absolute atomic E-state index is 0.209. The van der Waals surface area contributed by atoms with Gasteiger partial charge in [-0.2, -0.15) is 0 Å². The molecule has 0 bridgehead atoms. The lowest BCUT2D eigenvalue weighted by Crippen LogP contribution is -2.28. The Balaban J connectivity index is 1.82. The van der Waals surface area contributed by atoms with Crippen LogP contribution in [0.1, 0.15) is 40.6 Å². The Bertz CT molecular complexity index is 750. The monoisotopic (exact) mass is 284 g/mol. The zero-order valence-electron chi connectivity index (χ0n) is 12.1. The van der Waals surface area contributed by atoms with E-state index in [1.54, 1.807) is 13.8 Å². The van der Waals surface area contributed by atoms with Gasteiger partial charge in [-0.1, -0.05) is 17.3 Å². The molecule has 3 aromatic rings. The summed E-state index contributed by atoms with van der Waals surface area (Å²) in [5.41, 5.74) is 2.90. The lowest BCUT2D eigenvalue weighted by molar-refractivity contribution is 0.0936. The van der Waals surface area contributed by atoms with E-state index in [4.69, 9.17) is 4.52 Å². The highest BCUT2D eigenvalue weighted by Crippen LogP contribution is 2.17. The molecule has 108 valence electrons. The van der Waals surface area contributed by atoms with Gasteiger partial charge < -0.3 is 14.8 Å². The van der Waals surface area contributed by atoms with E-state index in [1.807, 2.05) is 31.2 Å². The number of nitrogens with one attached hydrogen (secondary N) is 2. The fraction of sp³-hybridized carbons (Fsp3) is 0.267. The number of fused-ring (bicyclic) bond motifs is 1. The first kappa shape index (κ1) is 13.4. The predicted octanol–water partition coefficient (Wildman–Crippen LogP) is 2.66. The topological polar surface area (TPSA) is 83.8 Å². The Labute approximate surface area is 121 Å². The average molecular weight is 284 g/mol. The molecule has 0 fully saturated rings. The summed E-state index contributed by atoms with van der Waals surface area (Å²) in [4.78, 5) is 20.0. The summed E-state index contributed by atoms with van der Waals surface area (Å²) in [6.07, 6.45) is 0. The summed E-state index contributed by atoms with van der Waals surface area (Å²) >= 11 is 0. The fourth-order valence-corrected chi connectivity index (χ4v) is 2.32. The van der Waals surface area contributed by atoms with E-state index in [-0.39, 0.29) is 11.9 Å². The molecule has 0 saturated heterocycles. The van der Waals surface area contributed by atoms with E-state index >= 15 is 0 Å². The first-order chi connectivity index (χ1) is 10.1. The number of aromatic amines is 1. The first-order valence-electron chi connectivity index (χ1n) is 6.74. The van der Waals surface area contributed by atoms with Crippen molar-refractivity contribution in [2.75, 3.05) is 0 Å². The highest BCUT2D eigenvalue weighted by Gasteiger charge is 2.20. The van der Waals surface area contributed by atoms with Crippen molar-refractivity contribution in [1.82, 2.24) is 20.4 Å². The quantitative estimate of drug-likeness (QED) is 0.774. The third-order valence-corrected chi connectivity index (χ3v) is 3.43. The number of hydrogen-bond acceptors (Lipinski definition) is 4. The van der Waals surface area contributed by atoms with E-state index < -0.39 is 0 Å². The highest BCUT2D eigenvalue weighted by atomic mass is 16.5. The molecule has 0 aliphatic heterocycles. The molecule has 6 heteroatoms. The fourth-order valence-electron chi connectivity index (χ4n) is 2.32. The first-order valence-corrected chi connectivity index (χ1v) is 6.74. The van der Waals surface area contributed by atoms with Crippen molar-refractivity contribution in [3.05, 3.63) is 47.1 Å². The van der Waals surface area contributed by atoms with Crippen molar-refractivity contribution < 1.29 is 9.32 Å². The van der Waals surface area contributed by atoms with Crippen molar-refractivity contribution >= 4 is 16.9 Å². The number of aryl methyl sites for hydroxylation is 2. The largest absolute Gasteiger partial charge is 0.361 e. The van der Waals surface area contributed by atoms with Crippen LogP contribution in [-0.4, -0.2) is 21.0 Å². The van der Waals surface area contributed by atoms with Gasteiger partial charge >= 0.3 is 0 Å². The van der Waals surface area contributed by atoms with E-state index in [0.717, 1.165) is 16.9 Å². The minimum Gasteiger partial charge on any atom is -0.361 e. The van der Waals surface area contributed by atoms with Crippen LogP contribution in [0.5, 0.6) is 0 Å². The number of amides is 1. The minimum atomic E-state index is -0.237. The number of para-hydroxylation sites is 2. The van der Waals surface area contributed by atoms with E-state index in [1.165, 1.54) is 0 Å². The molecule has 2 heterocycles. The van der Waals surface area contributed by atoms with Crippen molar-refractivity contribution in [3.8, 4) is 0 Å². The van der Waals surface area contributed by atoms with Crippen LogP contribution in [0.2, 0.25) is 0 Å². The van der Waals surface area contributed by atoms with Gasteiger partial charge in [0.2, 0.25) is 0 Å². The molecule has 2 N–H and O–H groups in total. The standard InChI is InChI=1S/C15H16N4O2/c1-8-13(10(3)21-19-8)15(20)16-9(2)14-17-11-6-4-5-7-12(11)18-14/h4-7,9H,1-3H3,(H,16,20)(H,17,18)/t9-/m0/s1. The number of H-pyrrole nitrogens is 1. The summed E-state index contributed by atoms with van der Waals surface area (Å²) in [6, 6.07) is 7.52. The third-order valence-electron chi connectivity index (χ3n) is 3.43. The van der Waals surface area contributed by atoms with Gasteiger partial charge in [-0.3, -0.25) is 4.79 Å². The van der Waals surface area contributed by atoms with Crippen LogP contribution in [0, 0.1) is 13.8 Å². The van der Waals surface area contributed by atoms with Gasteiger partial charge in [-0.05, 0) is 32.9 Å². The van der Waals surface area contributed by atoms with Crippen molar-refractivity contribution in [3.63, 3.8) is 0 Å². The average Bonchev–Trinajstić information content (AvgIpc) is 3.02. The molecular weight excluding hydrogens is 268 g/mol. The molecule has 1 aromatic carbocycles. The molecule has 0 spiro atoms. The number of nitrogens with zero attached hydrogens (tertiary/aromatic N) is 2. The predicted molar refractivity (Wildman–Crippen MR) is 78.0 cm³/mol. The Morgan fingerprint density at radius 3 is 2.76 bits per heavy atom. The van der Waals surface area contributed by atoms with Crippen molar-refractivity contribution in [2.45, 2.75) is 26.8 Å². The molecular formula is C15H16N4O2. The van der Waals surface area contributed by atoms with Crippen LogP contribution in [0.3, 0.4) is 0 Å². The summed E-state index contributed by atoms with van der Waals surface area (Å²) in [7, 11) is 0. The van der Waals surface area contributed by atoms with Crippen LogP contribution in [0.25, 0.3) is 11.0 Å². The molecule has 0 aliphatic rings. The third kappa shape index (κ3) is 2.40. The number of hydrogen-bond donors (Lipinski definition) is 2. The van der Waals surface area contributed by atoms with Gasteiger partial charge in [0.25, 0.3) is 5.91 Å². The van der Waals surface area contributed by atoms with Crippen LogP contribution in [-0.2, 0) is 0 Å². The number of rotatable bonds is 3. The smallest absolute Gasteiger partial charge is 0.257 e. The van der Waals surface area contributed by atoms with Gasteiger partial charge in [-0.25, -0.2) is 4.98 Å². The maximum Gasteiger partial charge on any atom is 0.257 e. The van der Waals surface area contributed by atoms with Crippen molar-refractivity contribution in [2.24, 2.45) is 0 Å². The summed E-state index contributed by atoms with van der Waals surface area (Å²) in [6.45, 7) is 5.35. The molecule has 6 nitrogen and oxygen atoms in total. The van der Waals surface area contributed by atoms with Gasteiger partial charge in [0, 0.05) is 0 Å². The SMILES string of the molecule is Cc1noc(C)c1C(=O)N[C@@H](C)c1nc2ccccc2[nH]1. The van der Waals surface area contributed by atoms with E-state index in [9.17, 15) is 4.79 Å². The van der Waals surface area contributed by atoms with Crippen LogP contribution < -0.4 is 5.32 Å². The molecule has 1 amide bonds. The maximum atomic E-state index is 12.3. The zero-order valence-corrected chi connectivity index (χ0v) is 12.1. The van der Waals surface area contributed by atoms with Gasteiger partial charge in [0.05, 0.1) is 22.8 Å². The number of aromatic nitrogens is 3. The van der Waals surface area contributed by atoms with Crippen LogP contribution in [0.15, 0.2) is 28.8 Å². The molecule has 2 aromatic heterocycles. The van der Waals surface area contributed by atoms with Gasteiger partial charge in [-0.15, -0.1) is 0 Å². The number of carbonyl (C=O) groups excluding carboxylic acids is 1.